The van der Waals surface area contributed by atoms with Crippen molar-refractivity contribution in [3.05, 3.63) is 87.6 Å². The summed E-state index contributed by atoms with van der Waals surface area (Å²) in [5, 5.41) is 34.9. The third-order valence-electron chi connectivity index (χ3n) is 13.7. The molecule has 4 aliphatic heterocycles. The standard InChI is InChI=1S/C50H61ClN10O7S/c1-30(32-6-8-33(9-7-32)45-31(2)53-29-69-45)54-47(64)42-24-37(62)27-60(42)49(66)46(50(3,4)5)55-44(63)28-67-21-20-58-16-18-59(19-17-58)43-15-14-41(56-57-43)48(65)61-35-11-12-36(61)23-39(22-35)68-38-13-10-34(26-52)40(51)25-38/h6-10,13-15,25,29-30,35-37,39,42,46,62H,11-12,16-24,27-28H2,1-5H3,(H,54,64)(H,55,63). The van der Waals surface area contributed by atoms with Gasteiger partial charge in [-0.1, -0.05) is 56.6 Å². The molecule has 4 amide bonds. The number of amides is 4. The molecule has 0 radical (unpaired) electrons. The second kappa shape index (κ2) is 21.5. The van der Waals surface area contributed by atoms with Gasteiger partial charge in [0, 0.05) is 76.7 Å². The van der Waals surface area contributed by atoms with E-state index in [1.807, 2.05) is 75.4 Å². The summed E-state index contributed by atoms with van der Waals surface area (Å²) in [6.07, 6.45) is 2.36. The number of anilines is 1. The molecule has 4 aliphatic rings. The van der Waals surface area contributed by atoms with Crippen LogP contribution in [-0.4, -0.2) is 147 Å². The number of halogens is 1. The van der Waals surface area contributed by atoms with Crippen molar-refractivity contribution in [3.63, 3.8) is 0 Å². The number of likely N-dealkylation sites (tertiary alicyclic amines) is 1. The van der Waals surface area contributed by atoms with Crippen LogP contribution in [0.3, 0.4) is 0 Å². The quantitative estimate of drug-likeness (QED) is 0.132. The molecular formula is C50H61ClN10O7S. The lowest BCUT2D eigenvalue weighted by atomic mass is 9.85. The Labute approximate surface area is 412 Å². The van der Waals surface area contributed by atoms with Gasteiger partial charge in [0.2, 0.25) is 17.7 Å². The zero-order valence-electron chi connectivity index (χ0n) is 39.8. The molecule has 19 heteroatoms. The van der Waals surface area contributed by atoms with Crippen molar-refractivity contribution < 1.29 is 33.8 Å². The van der Waals surface area contributed by atoms with Crippen LogP contribution >= 0.6 is 22.9 Å². The summed E-state index contributed by atoms with van der Waals surface area (Å²) in [5.74, 6) is -0.0505. The van der Waals surface area contributed by atoms with E-state index < -0.39 is 35.4 Å². The molecule has 4 fully saturated rings. The SMILES string of the molecule is Cc1ncsc1-c1ccc(C(C)NC(=O)C2CC(O)CN2C(=O)C(NC(=O)COCCN2CCN(c3ccc(C(=O)N4C5CCC4CC(Oc4ccc(C#N)c(Cl)c4)C5)nn3)CC2)C(C)(C)C)cc1. The number of aliphatic hydroxyl groups is 1. The number of benzene rings is 2. The van der Waals surface area contributed by atoms with Crippen molar-refractivity contribution in [3.8, 4) is 22.3 Å². The lowest BCUT2D eigenvalue weighted by molar-refractivity contribution is -0.144. The summed E-state index contributed by atoms with van der Waals surface area (Å²) < 4.78 is 12.0. The summed E-state index contributed by atoms with van der Waals surface area (Å²) >= 11 is 7.79. The Balaban J connectivity index is 0.756. The fourth-order valence-corrected chi connectivity index (χ4v) is 10.9. The van der Waals surface area contributed by atoms with Gasteiger partial charge in [-0.25, -0.2) is 4.98 Å². The number of ether oxygens (including phenoxy) is 2. The van der Waals surface area contributed by atoms with Gasteiger partial charge < -0.3 is 39.9 Å². The second-order valence-corrected chi connectivity index (χ2v) is 20.9. The number of carbonyl (C=O) groups is 4. The van der Waals surface area contributed by atoms with E-state index in [9.17, 15) is 29.5 Å². The van der Waals surface area contributed by atoms with Crippen LogP contribution in [0.15, 0.2) is 60.1 Å². The number of β-amino-alcohol motifs (C(OH)–C–C–N with tert-alkyl or cyclic N) is 1. The molecule has 4 aromatic rings. The van der Waals surface area contributed by atoms with Gasteiger partial charge in [0.15, 0.2) is 11.5 Å². The maximum absolute atomic E-state index is 14.1. The molecular weight excluding hydrogens is 920 g/mol. The molecule has 3 N–H and O–H groups in total. The third-order valence-corrected chi connectivity index (χ3v) is 15.0. The van der Waals surface area contributed by atoms with E-state index in [4.69, 9.17) is 21.1 Å². The number of aliphatic hydroxyl groups excluding tert-OH is 1. The Bertz CT molecular complexity index is 2510. The Morgan fingerprint density at radius 1 is 0.971 bits per heavy atom. The van der Waals surface area contributed by atoms with Gasteiger partial charge in [0.05, 0.1) is 45.4 Å². The monoisotopic (exact) mass is 980 g/mol. The number of nitrogens with zero attached hydrogens (tertiary/aromatic N) is 8. The number of aromatic nitrogens is 3. The Morgan fingerprint density at radius 3 is 2.32 bits per heavy atom. The average molecular weight is 982 g/mol. The lowest BCUT2D eigenvalue weighted by Gasteiger charge is -2.38. The number of piperidine rings is 1. The number of hydrogen-bond donors (Lipinski definition) is 3. The fraction of sp³-hybridized carbons (Fsp3) is 0.520. The number of hydrogen-bond acceptors (Lipinski definition) is 14. The van der Waals surface area contributed by atoms with E-state index in [0.29, 0.717) is 66.9 Å². The fourth-order valence-electron chi connectivity index (χ4n) is 9.92. The maximum Gasteiger partial charge on any atom is 0.274 e. The van der Waals surface area contributed by atoms with Gasteiger partial charge in [-0.15, -0.1) is 21.5 Å². The lowest BCUT2D eigenvalue weighted by Crippen LogP contribution is -2.58. The maximum atomic E-state index is 14.1. The molecule has 366 valence electrons. The summed E-state index contributed by atoms with van der Waals surface area (Å²) in [5.41, 5.74) is 4.74. The Kier molecular flexibility index (Phi) is 15.5. The molecule has 2 bridgehead atoms. The number of nitriles is 1. The number of carbonyl (C=O) groups excluding carboxylic acids is 4. The Morgan fingerprint density at radius 2 is 1.70 bits per heavy atom. The van der Waals surface area contributed by atoms with Gasteiger partial charge in [-0.3, -0.25) is 24.1 Å². The highest BCUT2D eigenvalue weighted by molar-refractivity contribution is 7.13. The molecule has 0 saturated carbocycles. The molecule has 2 aromatic carbocycles. The highest BCUT2D eigenvalue weighted by atomic mass is 35.5. The third kappa shape index (κ3) is 11.7. The van der Waals surface area contributed by atoms with E-state index in [-0.39, 0.29) is 55.6 Å². The van der Waals surface area contributed by atoms with Crippen molar-refractivity contribution >= 4 is 52.4 Å². The summed E-state index contributed by atoms with van der Waals surface area (Å²) in [7, 11) is 0. The van der Waals surface area contributed by atoms with Crippen molar-refractivity contribution in [2.45, 2.75) is 109 Å². The smallest absolute Gasteiger partial charge is 0.274 e. The zero-order chi connectivity index (χ0) is 49.0. The number of piperazine rings is 1. The van der Waals surface area contributed by atoms with Gasteiger partial charge in [-0.2, -0.15) is 5.26 Å². The van der Waals surface area contributed by atoms with Crippen LogP contribution in [0.1, 0.15) is 93.2 Å². The van der Waals surface area contributed by atoms with Crippen LogP contribution in [-0.2, 0) is 19.1 Å². The van der Waals surface area contributed by atoms with Crippen LogP contribution < -0.4 is 20.3 Å². The molecule has 4 saturated heterocycles. The largest absolute Gasteiger partial charge is 0.490 e. The summed E-state index contributed by atoms with van der Waals surface area (Å²) in [6.45, 7) is 12.9. The summed E-state index contributed by atoms with van der Waals surface area (Å²) in [6, 6.07) is 16.6. The molecule has 8 rings (SSSR count). The predicted octanol–water partition coefficient (Wildman–Crippen LogP) is 5.16. The molecule has 0 spiro atoms. The summed E-state index contributed by atoms with van der Waals surface area (Å²) in [4.78, 5) is 67.9. The normalized spacial score (nSPS) is 22.5. The van der Waals surface area contributed by atoms with Crippen LogP contribution in [0.2, 0.25) is 5.02 Å². The van der Waals surface area contributed by atoms with E-state index in [1.165, 1.54) is 4.90 Å². The molecule has 6 atom stereocenters. The van der Waals surface area contributed by atoms with Crippen molar-refractivity contribution in [2.24, 2.45) is 5.41 Å². The van der Waals surface area contributed by atoms with Crippen molar-refractivity contribution in [1.82, 2.24) is 40.5 Å². The van der Waals surface area contributed by atoms with Gasteiger partial charge in [-0.05, 0) is 67.5 Å². The van der Waals surface area contributed by atoms with Crippen LogP contribution in [0.5, 0.6) is 5.75 Å². The Hall–Kier alpha value is -5.71. The molecule has 17 nitrogen and oxygen atoms in total. The first kappa shape index (κ1) is 49.7. The van der Waals surface area contributed by atoms with Gasteiger partial charge in [0.25, 0.3) is 5.91 Å². The van der Waals surface area contributed by atoms with E-state index >= 15 is 0 Å². The topological polar surface area (TPSA) is 206 Å². The molecule has 0 aliphatic carbocycles. The van der Waals surface area contributed by atoms with Gasteiger partial charge >= 0.3 is 0 Å². The number of rotatable bonds is 15. The highest BCUT2D eigenvalue weighted by Gasteiger charge is 2.46. The number of thiazole rings is 1. The highest BCUT2D eigenvalue weighted by Crippen LogP contribution is 2.39. The minimum atomic E-state index is -0.965. The van der Waals surface area contributed by atoms with E-state index in [2.05, 4.69) is 41.7 Å². The second-order valence-electron chi connectivity index (χ2n) is 19.6. The van der Waals surface area contributed by atoms with Crippen LogP contribution in [0.4, 0.5) is 5.82 Å². The molecule has 2 aromatic heterocycles. The number of aryl methyl sites for hydroxylation is 1. The number of fused-ring (bicyclic) bond motifs is 2. The van der Waals surface area contributed by atoms with Gasteiger partial charge in [0.1, 0.15) is 36.6 Å². The number of nitrogens with one attached hydrogen (secondary N) is 2. The zero-order valence-corrected chi connectivity index (χ0v) is 41.3. The predicted molar refractivity (Wildman–Crippen MR) is 261 cm³/mol. The minimum Gasteiger partial charge on any atom is -0.490 e. The van der Waals surface area contributed by atoms with Crippen LogP contribution in [0.25, 0.3) is 10.4 Å². The first-order chi connectivity index (χ1) is 33.1. The van der Waals surface area contributed by atoms with Crippen molar-refractivity contribution in [2.75, 3.05) is 57.4 Å². The van der Waals surface area contributed by atoms with Crippen molar-refractivity contribution in [1.29, 1.82) is 5.26 Å². The first-order valence-corrected chi connectivity index (χ1v) is 25.0. The van der Waals surface area contributed by atoms with Crippen LogP contribution in [0, 0.1) is 23.7 Å². The molecule has 6 heterocycles. The first-order valence-electron chi connectivity index (χ1n) is 23.7. The molecule has 6 unspecified atom stereocenters. The average Bonchev–Trinajstić information content (AvgIpc) is 4.03. The molecule has 69 heavy (non-hydrogen) atoms. The minimum absolute atomic E-state index is 0.0181. The van der Waals surface area contributed by atoms with E-state index in [0.717, 1.165) is 47.6 Å². The van der Waals surface area contributed by atoms with E-state index in [1.54, 1.807) is 35.6 Å².